The number of nitrogens with zero attached hydrogens (tertiary/aromatic N) is 3. The number of aromatic nitrogens is 3. The minimum absolute atomic E-state index is 0.118. The van der Waals surface area contributed by atoms with Gasteiger partial charge in [0.05, 0.1) is 11.9 Å². The molecule has 0 unspecified atom stereocenters. The quantitative estimate of drug-likeness (QED) is 0.697. The van der Waals surface area contributed by atoms with Gasteiger partial charge in [-0.3, -0.25) is 4.79 Å². The summed E-state index contributed by atoms with van der Waals surface area (Å²) < 4.78 is 1.68. The van der Waals surface area contributed by atoms with Crippen LogP contribution in [0.3, 0.4) is 0 Å². The molecule has 1 heterocycles. The number of carbonyl (C=O) groups is 1. The Labute approximate surface area is 94.4 Å². The Morgan fingerprint density at radius 1 is 1.60 bits per heavy atom. The van der Waals surface area contributed by atoms with Gasteiger partial charge in [-0.2, -0.15) is 11.8 Å². The van der Waals surface area contributed by atoms with E-state index in [-0.39, 0.29) is 5.78 Å². The van der Waals surface area contributed by atoms with Crippen LogP contribution in [0, 0.1) is 0 Å². The van der Waals surface area contributed by atoms with Crippen molar-refractivity contribution in [3.63, 3.8) is 0 Å². The summed E-state index contributed by atoms with van der Waals surface area (Å²) in [4.78, 5) is 11.8. The van der Waals surface area contributed by atoms with Gasteiger partial charge in [0.15, 0.2) is 5.78 Å². The average Bonchev–Trinajstić information content (AvgIpc) is 2.63. The molecule has 0 aliphatic heterocycles. The molecule has 0 aliphatic rings. The zero-order chi connectivity index (χ0) is 11.3. The fraction of sp³-hybridized carbons (Fsp3) is 0.700. The third-order valence-electron chi connectivity index (χ3n) is 1.89. The Balaban J connectivity index is 2.60. The van der Waals surface area contributed by atoms with Gasteiger partial charge in [-0.1, -0.05) is 26.0 Å². The lowest BCUT2D eigenvalue weighted by molar-refractivity contribution is 0.101. The van der Waals surface area contributed by atoms with Crippen molar-refractivity contribution in [2.24, 2.45) is 0 Å². The SMILES string of the molecule is CCCn1nncc1C(=O)CSC(C)C. The number of hydrogen-bond acceptors (Lipinski definition) is 4. The maximum absolute atomic E-state index is 11.8. The average molecular weight is 227 g/mol. The first-order chi connectivity index (χ1) is 7.15. The van der Waals surface area contributed by atoms with Crippen molar-refractivity contribution in [3.8, 4) is 0 Å². The Morgan fingerprint density at radius 3 is 2.93 bits per heavy atom. The predicted octanol–water partition coefficient (Wildman–Crippen LogP) is 2.01. The van der Waals surface area contributed by atoms with E-state index in [1.807, 2.05) is 0 Å². The highest BCUT2D eigenvalue weighted by molar-refractivity contribution is 8.00. The number of carbonyl (C=O) groups excluding carboxylic acids is 1. The number of hydrogen-bond donors (Lipinski definition) is 0. The molecule has 5 heteroatoms. The molecule has 1 rings (SSSR count). The lowest BCUT2D eigenvalue weighted by Crippen LogP contribution is -2.13. The number of Topliss-reactive ketones (excluding diaryl/α,β-unsaturated/α-hetero) is 1. The number of thioether (sulfide) groups is 1. The van der Waals surface area contributed by atoms with Crippen molar-refractivity contribution in [2.75, 3.05) is 5.75 Å². The van der Waals surface area contributed by atoms with Gasteiger partial charge >= 0.3 is 0 Å². The number of rotatable bonds is 6. The van der Waals surface area contributed by atoms with E-state index in [2.05, 4.69) is 31.1 Å². The van der Waals surface area contributed by atoms with Gasteiger partial charge in [-0.15, -0.1) is 5.10 Å². The van der Waals surface area contributed by atoms with Crippen LogP contribution in [0.15, 0.2) is 6.20 Å². The molecule has 0 atom stereocenters. The van der Waals surface area contributed by atoms with Gasteiger partial charge in [0.1, 0.15) is 5.69 Å². The van der Waals surface area contributed by atoms with Crippen LogP contribution in [-0.4, -0.2) is 31.8 Å². The normalized spacial score (nSPS) is 10.9. The second kappa shape index (κ2) is 5.90. The largest absolute Gasteiger partial charge is 0.291 e. The van der Waals surface area contributed by atoms with Crippen molar-refractivity contribution >= 4 is 17.5 Å². The molecular weight excluding hydrogens is 210 g/mol. The molecule has 84 valence electrons. The summed E-state index contributed by atoms with van der Waals surface area (Å²) >= 11 is 1.65. The molecule has 0 saturated carbocycles. The maximum atomic E-state index is 11.8. The molecule has 0 bridgehead atoms. The lowest BCUT2D eigenvalue weighted by Gasteiger charge is -2.05. The first-order valence-electron chi connectivity index (χ1n) is 5.18. The summed E-state index contributed by atoms with van der Waals surface area (Å²) in [7, 11) is 0. The first-order valence-corrected chi connectivity index (χ1v) is 6.23. The molecule has 0 aliphatic carbocycles. The van der Waals surface area contributed by atoms with Crippen LogP contribution in [0.2, 0.25) is 0 Å². The molecule has 0 spiro atoms. The third kappa shape index (κ3) is 3.66. The van der Waals surface area contributed by atoms with Gasteiger partial charge in [-0.25, -0.2) is 4.68 Å². The van der Waals surface area contributed by atoms with Gasteiger partial charge in [0, 0.05) is 6.54 Å². The molecule has 0 radical (unpaired) electrons. The molecule has 1 aromatic rings. The molecule has 0 aromatic carbocycles. The van der Waals surface area contributed by atoms with Crippen molar-refractivity contribution in [2.45, 2.75) is 39.0 Å². The highest BCUT2D eigenvalue weighted by Gasteiger charge is 2.13. The Bertz CT molecular complexity index is 322. The summed E-state index contributed by atoms with van der Waals surface area (Å²) in [5, 5.41) is 8.14. The summed E-state index contributed by atoms with van der Waals surface area (Å²) in [6.45, 7) is 6.98. The molecule has 0 saturated heterocycles. The Morgan fingerprint density at radius 2 is 2.33 bits per heavy atom. The van der Waals surface area contributed by atoms with Gasteiger partial charge in [0.25, 0.3) is 0 Å². The van der Waals surface area contributed by atoms with Crippen LogP contribution in [0.25, 0.3) is 0 Å². The highest BCUT2D eigenvalue weighted by atomic mass is 32.2. The Hall–Kier alpha value is -0.840. The van der Waals surface area contributed by atoms with E-state index in [4.69, 9.17) is 0 Å². The van der Waals surface area contributed by atoms with Crippen LogP contribution in [0.4, 0.5) is 0 Å². The highest BCUT2D eigenvalue weighted by Crippen LogP contribution is 2.11. The second-order valence-corrected chi connectivity index (χ2v) is 5.19. The predicted molar refractivity (Wildman–Crippen MR) is 62.2 cm³/mol. The molecule has 0 N–H and O–H groups in total. The zero-order valence-electron chi connectivity index (χ0n) is 9.43. The lowest BCUT2D eigenvalue weighted by atomic mass is 10.3. The summed E-state index contributed by atoms with van der Waals surface area (Å²) in [6, 6.07) is 0. The standard InChI is InChI=1S/C10H17N3OS/c1-4-5-13-9(6-11-12-13)10(14)7-15-8(2)3/h6,8H,4-5,7H2,1-3H3. The fourth-order valence-electron chi connectivity index (χ4n) is 1.17. The van der Waals surface area contributed by atoms with Crippen LogP contribution >= 0.6 is 11.8 Å². The van der Waals surface area contributed by atoms with E-state index in [0.29, 0.717) is 16.7 Å². The van der Waals surface area contributed by atoms with Gasteiger partial charge < -0.3 is 0 Å². The molecule has 4 nitrogen and oxygen atoms in total. The van der Waals surface area contributed by atoms with Crippen LogP contribution in [-0.2, 0) is 6.54 Å². The van der Waals surface area contributed by atoms with E-state index in [9.17, 15) is 4.79 Å². The maximum Gasteiger partial charge on any atom is 0.192 e. The van der Waals surface area contributed by atoms with Crippen molar-refractivity contribution in [1.29, 1.82) is 0 Å². The number of aryl methyl sites for hydroxylation is 1. The molecule has 0 amide bonds. The van der Waals surface area contributed by atoms with E-state index < -0.39 is 0 Å². The minimum atomic E-state index is 0.118. The zero-order valence-corrected chi connectivity index (χ0v) is 10.3. The van der Waals surface area contributed by atoms with E-state index >= 15 is 0 Å². The van der Waals surface area contributed by atoms with E-state index in [0.717, 1.165) is 13.0 Å². The van der Waals surface area contributed by atoms with Gasteiger partial charge in [-0.05, 0) is 11.7 Å². The van der Waals surface area contributed by atoms with Crippen molar-refractivity contribution < 1.29 is 4.79 Å². The van der Waals surface area contributed by atoms with Crippen LogP contribution in [0.1, 0.15) is 37.7 Å². The van der Waals surface area contributed by atoms with Crippen LogP contribution in [0.5, 0.6) is 0 Å². The second-order valence-electron chi connectivity index (χ2n) is 3.63. The van der Waals surface area contributed by atoms with Crippen molar-refractivity contribution in [3.05, 3.63) is 11.9 Å². The summed E-state index contributed by atoms with van der Waals surface area (Å²) in [5.74, 6) is 0.626. The molecule has 1 aromatic heterocycles. The summed E-state index contributed by atoms with van der Waals surface area (Å²) in [6.07, 6.45) is 2.51. The molecule has 15 heavy (non-hydrogen) atoms. The van der Waals surface area contributed by atoms with Crippen LogP contribution < -0.4 is 0 Å². The fourth-order valence-corrected chi connectivity index (χ4v) is 1.80. The topological polar surface area (TPSA) is 47.8 Å². The van der Waals surface area contributed by atoms with Gasteiger partial charge in [0.2, 0.25) is 0 Å². The van der Waals surface area contributed by atoms with E-state index in [1.54, 1.807) is 22.6 Å². The molecular formula is C10H17N3OS. The smallest absolute Gasteiger partial charge is 0.192 e. The number of ketones is 1. The first kappa shape index (κ1) is 12.2. The third-order valence-corrected chi connectivity index (χ3v) is 2.98. The van der Waals surface area contributed by atoms with E-state index in [1.165, 1.54) is 0 Å². The summed E-state index contributed by atoms with van der Waals surface area (Å²) in [5.41, 5.74) is 0.630. The minimum Gasteiger partial charge on any atom is -0.291 e. The molecule has 0 fully saturated rings. The van der Waals surface area contributed by atoms with Crippen molar-refractivity contribution in [1.82, 2.24) is 15.0 Å². The Kier molecular flexibility index (Phi) is 4.81. The monoisotopic (exact) mass is 227 g/mol.